The van der Waals surface area contributed by atoms with Crippen molar-refractivity contribution in [2.24, 2.45) is 5.92 Å². The number of carbonyl (C=O) groups excluding carboxylic acids is 3. The quantitative estimate of drug-likeness (QED) is 0.551. The van der Waals surface area contributed by atoms with Crippen LogP contribution >= 0.6 is 0 Å². The van der Waals surface area contributed by atoms with Crippen LogP contribution in [0, 0.1) is 5.92 Å². The lowest BCUT2D eigenvalue weighted by atomic mass is 9.95. The normalized spacial score (nSPS) is 20.9. The molecule has 1 fully saturated rings. The van der Waals surface area contributed by atoms with Crippen molar-refractivity contribution < 1.29 is 23.9 Å². The highest BCUT2D eigenvalue weighted by molar-refractivity contribution is 6.23. The first-order valence-corrected chi connectivity index (χ1v) is 12.9. The Bertz CT molecular complexity index is 1170. The van der Waals surface area contributed by atoms with Gasteiger partial charge < -0.3 is 19.3 Å². The zero-order chi connectivity index (χ0) is 25.2. The Morgan fingerprint density at radius 1 is 1.08 bits per heavy atom. The maximum absolute atomic E-state index is 13.5. The Morgan fingerprint density at radius 2 is 1.89 bits per heavy atom. The number of unbranched alkanes of at least 4 members (excludes halogenated alkanes) is 1. The SMILES string of the molecule is CCCCN(C)C(=O)[C@H]1CCCN(c2cccc3c2C(=O)N(C[C@H]2COc4ccccc4O2)C3=O)C1. The van der Waals surface area contributed by atoms with Gasteiger partial charge in [0.15, 0.2) is 17.6 Å². The van der Waals surface area contributed by atoms with E-state index in [2.05, 4.69) is 11.8 Å². The van der Waals surface area contributed by atoms with Crippen molar-refractivity contribution in [2.75, 3.05) is 44.7 Å². The Kier molecular flexibility index (Phi) is 6.85. The molecule has 0 N–H and O–H groups in total. The number of piperidine rings is 1. The second kappa shape index (κ2) is 10.2. The molecular formula is C28H33N3O5. The highest BCUT2D eigenvalue weighted by Crippen LogP contribution is 2.36. The number of fused-ring (bicyclic) bond motifs is 2. The van der Waals surface area contributed by atoms with Crippen LogP contribution in [0.25, 0.3) is 0 Å². The molecule has 0 aliphatic carbocycles. The molecule has 3 amide bonds. The monoisotopic (exact) mass is 491 g/mol. The first kappa shape index (κ1) is 24.2. The van der Waals surface area contributed by atoms with Gasteiger partial charge in [-0.1, -0.05) is 31.5 Å². The lowest BCUT2D eigenvalue weighted by Crippen LogP contribution is -2.45. The summed E-state index contributed by atoms with van der Waals surface area (Å²) < 4.78 is 11.8. The van der Waals surface area contributed by atoms with E-state index in [1.54, 1.807) is 6.07 Å². The standard InChI is InChI=1S/C28H33N3O5/c1-3-4-14-29(2)26(32)19-9-8-15-30(16-19)22-11-7-10-21-25(22)28(34)31(27(21)33)17-20-18-35-23-12-5-6-13-24(23)36-20/h5-7,10-13,19-20H,3-4,8-9,14-18H2,1-2H3/t19-,20-/m0/s1. The van der Waals surface area contributed by atoms with Crippen LogP contribution in [-0.4, -0.2) is 73.5 Å². The van der Waals surface area contributed by atoms with Gasteiger partial charge in [0.05, 0.1) is 29.3 Å². The van der Waals surface area contributed by atoms with E-state index in [9.17, 15) is 14.4 Å². The molecule has 0 radical (unpaired) electrons. The van der Waals surface area contributed by atoms with Crippen LogP contribution in [0.1, 0.15) is 53.3 Å². The van der Waals surface area contributed by atoms with Crippen molar-refractivity contribution in [1.82, 2.24) is 9.80 Å². The average Bonchev–Trinajstić information content (AvgIpc) is 3.16. The molecule has 0 bridgehead atoms. The summed E-state index contributed by atoms with van der Waals surface area (Å²) in [5.41, 5.74) is 1.56. The minimum Gasteiger partial charge on any atom is -0.486 e. The highest BCUT2D eigenvalue weighted by atomic mass is 16.6. The first-order chi connectivity index (χ1) is 17.5. The fourth-order valence-electron chi connectivity index (χ4n) is 5.32. The van der Waals surface area contributed by atoms with E-state index in [0.717, 1.165) is 44.5 Å². The van der Waals surface area contributed by atoms with E-state index in [1.807, 2.05) is 48.3 Å². The van der Waals surface area contributed by atoms with Crippen molar-refractivity contribution in [3.63, 3.8) is 0 Å². The van der Waals surface area contributed by atoms with Crippen LogP contribution in [0.3, 0.4) is 0 Å². The molecule has 3 aliphatic heterocycles. The largest absolute Gasteiger partial charge is 0.486 e. The number of ether oxygens (including phenoxy) is 2. The second-order valence-electron chi connectivity index (χ2n) is 9.82. The maximum Gasteiger partial charge on any atom is 0.263 e. The molecule has 2 aromatic carbocycles. The summed E-state index contributed by atoms with van der Waals surface area (Å²) >= 11 is 0. The van der Waals surface area contributed by atoms with E-state index in [1.165, 1.54) is 4.90 Å². The van der Waals surface area contributed by atoms with Crippen LogP contribution in [0.15, 0.2) is 42.5 Å². The molecule has 0 unspecified atom stereocenters. The fourth-order valence-corrected chi connectivity index (χ4v) is 5.32. The second-order valence-corrected chi connectivity index (χ2v) is 9.82. The number of rotatable bonds is 7. The summed E-state index contributed by atoms with van der Waals surface area (Å²) in [6, 6.07) is 12.8. The van der Waals surface area contributed by atoms with Gasteiger partial charge in [-0.2, -0.15) is 0 Å². The summed E-state index contributed by atoms with van der Waals surface area (Å²) in [4.78, 5) is 45.0. The van der Waals surface area contributed by atoms with E-state index in [4.69, 9.17) is 9.47 Å². The summed E-state index contributed by atoms with van der Waals surface area (Å²) in [7, 11) is 1.87. The van der Waals surface area contributed by atoms with Gasteiger partial charge in [-0.3, -0.25) is 19.3 Å². The van der Waals surface area contributed by atoms with Crippen LogP contribution in [-0.2, 0) is 4.79 Å². The predicted molar refractivity (Wildman–Crippen MR) is 136 cm³/mol. The number of imide groups is 1. The smallest absolute Gasteiger partial charge is 0.263 e. The molecule has 5 rings (SSSR count). The molecule has 8 heteroatoms. The number of nitrogens with zero attached hydrogens (tertiary/aromatic N) is 3. The fraction of sp³-hybridized carbons (Fsp3) is 0.464. The van der Waals surface area contributed by atoms with Gasteiger partial charge in [0.2, 0.25) is 5.91 Å². The number of anilines is 1. The van der Waals surface area contributed by atoms with Gasteiger partial charge >= 0.3 is 0 Å². The molecule has 0 spiro atoms. The molecule has 190 valence electrons. The molecule has 0 aromatic heterocycles. The molecule has 2 aromatic rings. The summed E-state index contributed by atoms with van der Waals surface area (Å²) in [6.07, 6.45) is 3.28. The number of amides is 3. The van der Waals surface area contributed by atoms with Gasteiger partial charge in [-0.05, 0) is 43.5 Å². The Hall–Kier alpha value is -3.55. The minimum absolute atomic E-state index is 0.115. The van der Waals surface area contributed by atoms with Gasteiger partial charge in [-0.15, -0.1) is 0 Å². The van der Waals surface area contributed by atoms with Crippen LogP contribution in [0.2, 0.25) is 0 Å². The predicted octanol–water partition coefficient (Wildman–Crippen LogP) is 3.60. The summed E-state index contributed by atoms with van der Waals surface area (Å²) in [5, 5.41) is 0. The molecule has 36 heavy (non-hydrogen) atoms. The molecule has 1 saturated heterocycles. The molecule has 0 saturated carbocycles. The minimum atomic E-state index is -0.443. The van der Waals surface area contributed by atoms with E-state index in [0.29, 0.717) is 29.2 Å². The van der Waals surface area contributed by atoms with Crippen molar-refractivity contribution >= 4 is 23.4 Å². The van der Waals surface area contributed by atoms with Gasteiger partial charge in [0.1, 0.15) is 6.61 Å². The summed E-state index contributed by atoms with van der Waals surface area (Å²) in [5.74, 6) is 0.670. The topological polar surface area (TPSA) is 79.4 Å². The number of para-hydroxylation sites is 2. The van der Waals surface area contributed by atoms with E-state index >= 15 is 0 Å². The van der Waals surface area contributed by atoms with E-state index < -0.39 is 6.10 Å². The van der Waals surface area contributed by atoms with Gasteiger partial charge in [0.25, 0.3) is 11.8 Å². The summed E-state index contributed by atoms with van der Waals surface area (Å²) in [6.45, 7) is 4.54. The van der Waals surface area contributed by atoms with Crippen LogP contribution in [0.5, 0.6) is 11.5 Å². The third-order valence-corrected chi connectivity index (χ3v) is 7.27. The van der Waals surface area contributed by atoms with Crippen molar-refractivity contribution in [1.29, 1.82) is 0 Å². The zero-order valence-electron chi connectivity index (χ0n) is 20.9. The van der Waals surface area contributed by atoms with Crippen LogP contribution in [0.4, 0.5) is 5.69 Å². The molecule has 2 atom stereocenters. The average molecular weight is 492 g/mol. The van der Waals surface area contributed by atoms with Crippen molar-refractivity contribution in [3.05, 3.63) is 53.6 Å². The molecular weight excluding hydrogens is 458 g/mol. The maximum atomic E-state index is 13.5. The third kappa shape index (κ3) is 4.52. The lowest BCUT2D eigenvalue weighted by molar-refractivity contribution is -0.134. The molecule has 8 nitrogen and oxygen atoms in total. The molecule has 3 heterocycles. The van der Waals surface area contributed by atoms with Gasteiger partial charge in [0, 0.05) is 26.7 Å². The lowest BCUT2D eigenvalue weighted by Gasteiger charge is -2.36. The van der Waals surface area contributed by atoms with Crippen molar-refractivity contribution in [3.8, 4) is 11.5 Å². The number of benzene rings is 2. The number of hydrogen-bond donors (Lipinski definition) is 0. The molecule has 3 aliphatic rings. The van der Waals surface area contributed by atoms with Crippen molar-refractivity contribution in [2.45, 2.75) is 38.7 Å². The van der Waals surface area contributed by atoms with E-state index in [-0.39, 0.29) is 36.8 Å². The third-order valence-electron chi connectivity index (χ3n) is 7.27. The Balaban J connectivity index is 1.32. The Morgan fingerprint density at radius 3 is 2.69 bits per heavy atom. The highest BCUT2D eigenvalue weighted by Gasteiger charge is 2.41. The van der Waals surface area contributed by atoms with Crippen LogP contribution < -0.4 is 14.4 Å². The number of carbonyl (C=O) groups is 3. The van der Waals surface area contributed by atoms with Gasteiger partial charge in [-0.25, -0.2) is 0 Å². The Labute approximate surface area is 211 Å². The zero-order valence-corrected chi connectivity index (χ0v) is 20.9. The first-order valence-electron chi connectivity index (χ1n) is 12.9. The number of hydrogen-bond acceptors (Lipinski definition) is 6.